The van der Waals surface area contributed by atoms with Crippen LogP contribution in [0.5, 0.6) is 5.75 Å². The summed E-state index contributed by atoms with van der Waals surface area (Å²) in [6.07, 6.45) is 0.947. The Morgan fingerprint density at radius 1 is 1.47 bits per heavy atom. The van der Waals surface area contributed by atoms with E-state index in [4.69, 9.17) is 4.74 Å². The summed E-state index contributed by atoms with van der Waals surface area (Å²) < 4.78 is 5.22. The molecule has 0 saturated carbocycles. The SMILES string of the molecule is CCc1ccc(OC)c(N(C)C(C)=O)c1. The summed E-state index contributed by atoms with van der Waals surface area (Å²) in [7, 11) is 3.36. The number of benzene rings is 1. The molecule has 0 bridgehead atoms. The smallest absolute Gasteiger partial charge is 0.223 e. The first-order valence-electron chi connectivity index (χ1n) is 5.01. The van der Waals surface area contributed by atoms with E-state index >= 15 is 0 Å². The molecule has 1 amide bonds. The maximum atomic E-state index is 11.3. The minimum Gasteiger partial charge on any atom is -0.495 e. The molecule has 0 spiro atoms. The van der Waals surface area contributed by atoms with E-state index in [9.17, 15) is 4.79 Å². The fourth-order valence-electron chi connectivity index (χ4n) is 1.39. The first-order valence-corrected chi connectivity index (χ1v) is 5.01. The first kappa shape index (κ1) is 11.6. The van der Waals surface area contributed by atoms with Crippen LogP contribution in [0, 0.1) is 0 Å². The molecule has 0 fully saturated rings. The number of hydrogen-bond acceptors (Lipinski definition) is 2. The first-order chi connectivity index (χ1) is 7.10. The van der Waals surface area contributed by atoms with E-state index < -0.39 is 0 Å². The number of hydrogen-bond donors (Lipinski definition) is 0. The van der Waals surface area contributed by atoms with Gasteiger partial charge < -0.3 is 9.64 Å². The Hall–Kier alpha value is -1.51. The van der Waals surface area contributed by atoms with E-state index in [1.165, 1.54) is 12.5 Å². The predicted octanol–water partition coefficient (Wildman–Crippen LogP) is 2.24. The van der Waals surface area contributed by atoms with Crippen LogP contribution >= 0.6 is 0 Å². The van der Waals surface area contributed by atoms with Gasteiger partial charge in [0, 0.05) is 14.0 Å². The molecule has 1 rings (SSSR count). The zero-order chi connectivity index (χ0) is 11.4. The van der Waals surface area contributed by atoms with Crippen LogP contribution in [0.4, 0.5) is 5.69 Å². The van der Waals surface area contributed by atoms with Crippen LogP contribution in [0.2, 0.25) is 0 Å². The van der Waals surface area contributed by atoms with Crippen LogP contribution in [-0.2, 0) is 11.2 Å². The van der Waals surface area contributed by atoms with E-state index in [0.717, 1.165) is 17.9 Å². The third-order valence-electron chi connectivity index (χ3n) is 2.49. The van der Waals surface area contributed by atoms with Crippen LogP contribution in [0.3, 0.4) is 0 Å². The minimum absolute atomic E-state index is 0.00144. The van der Waals surface area contributed by atoms with Gasteiger partial charge in [0.15, 0.2) is 0 Å². The second-order valence-corrected chi connectivity index (χ2v) is 3.44. The molecular formula is C12H17NO2. The molecule has 0 aliphatic rings. The highest BCUT2D eigenvalue weighted by molar-refractivity contribution is 5.92. The molecule has 0 radical (unpaired) electrons. The molecule has 0 atom stereocenters. The highest BCUT2D eigenvalue weighted by atomic mass is 16.5. The predicted molar refractivity (Wildman–Crippen MR) is 61.5 cm³/mol. The van der Waals surface area contributed by atoms with Crippen molar-refractivity contribution in [2.75, 3.05) is 19.1 Å². The number of amides is 1. The highest BCUT2D eigenvalue weighted by Crippen LogP contribution is 2.28. The lowest BCUT2D eigenvalue weighted by Crippen LogP contribution is -2.23. The molecule has 0 N–H and O–H groups in total. The summed E-state index contributed by atoms with van der Waals surface area (Å²) in [5.41, 5.74) is 2.02. The summed E-state index contributed by atoms with van der Waals surface area (Å²) in [6.45, 7) is 3.62. The second-order valence-electron chi connectivity index (χ2n) is 3.44. The third-order valence-corrected chi connectivity index (χ3v) is 2.49. The number of nitrogens with zero attached hydrogens (tertiary/aromatic N) is 1. The molecule has 3 nitrogen and oxygen atoms in total. The van der Waals surface area contributed by atoms with Crippen LogP contribution < -0.4 is 9.64 Å². The fraction of sp³-hybridized carbons (Fsp3) is 0.417. The standard InChI is InChI=1S/C12H17NO2/c1-5-10-6-7-12(15-4)11(8-10)13(3)9(2)14/h6-8H,5H2,1-4H3. The third kappa shape index (κ3) is 2.49. The number of rotatable bonds is 3. The van der Waals surface area contributed by atoms with E-state index in [1.807, 2.05) is 18.2 Å². The Labute approximate surface area is 90.7 Å². The van der Waals surface area contributed by atoms with Gasteiger partial charge in [-0.15, -0.1) is 0 Å². The zero-order valence-corrected chi connectivity index (χ0v) is 9.70. The van der Waals surface area contributed by atoms with E-state index in [1.54, 1.807) is 19.1 Å². The van der Waals surface area contributed by atoms with Crippen molar-refractivity contribution in [1.29, 1.82) is 0 Å². The number of ether oxygens (including phenoxy) is 1. The summed E-state index contributed by atoms with van der Waals surface area (Å²) in [5, 5.41) is 0. The largest absolute Gasteiger partial charge is 0.495 e. The molecule has 0 aromatic heterocycles. The Balaban J connectivity index is 3.16. The number of carbonyl (C=O) groups excluding carboxylic acids is 1. The van der Waals surface area contributed by atoms with Gasteiger partial charge >= 0.3 is 0 Å². The maximum absolute atomic E-state index is 11.3. The fourth-order valence-corrected chi connectivity index (χ4v) is 1.39. The van der Waals surface area contributed by atoms with Gasteiger partial charge in [-0.3, -0.25) is 4.79 Å². The molecule has 3 heteroatoms. The lowest BCUT2D eigenvalue weighted by atomic mass is 10.1. The molecular weight excluding hydrogens is 190 g/mol. The van der Waals surface area contributed by atoms with Gasteiger partial charge in [-0.1, -0.05) is 13.0 Å². The average molecular weight is 207 g/mol. The number of methoxy groups -OCH3 is 1. The van der Waals surface area contributed by atoms with Gasteiger partial charge in [0.05, 0.1) is 12.8 Å². The average Bonchev–Trinajstić information content (AvgIpc) is 2.27. The molecule has 0 saturated heterocycles. The van der Waals surface area contributed by atoms with Crippen LogP contribution in [0.15, 0.2) is 18.2 Å². The number of aryl methyl sites for hydroxylation is 1. The van der Waals surface area contributed by atoms with Crippen molar-refractivity contribution in [3.63, 3.8) is 0 Å². The maximum Gasteiger partial charge on any atom is 0.223 e. The van der Waals surface area contributed by atoms with Crippen molar-refractivity contribution >= 4 is 11.6 Å². The topological polar surface area (TPSA) is 29.5 Å². The Morgan fingerprint density at radius 2 is 2.13 bits per heavy atom. The van der Waals surface area contributed by atoms with Gasteiger partial charge in [0.2, 0.25) is 5.91 Å². The van der Waals surface area contributed by atoms with Crippen molar-refractivity contribution in [3.8, 4) is 5.75 Å². The van der Waals surface area contributed by atoms with E-state index in [0.29, 0.717) is 0 Å². The highest BCUT2D eigenvalue weighted by Gasteiger charge is 2.11. The molecule has 0 aliphatic carbocycles. The molecule has 1 aromatic rings. The second kappa shape index (κ2) is 4.82. The van der Waals surface area contributed by atoms with Crippen LogP contribution in [0.25, 0.3) is 0 Å². The summed E-state index contributed by atoms with van der Waals surface area (Å²) >= 11 is 0. The van der Waals surface area contributed by atoms with E-state index in [2.05, 4.69) is 6.92 Å². The number of anilines is 1. The van der Waals surface area contributed by atoms with Gasteiger partial charge in [0.1, 0.15) is 5.75 Å². The van der Waals surface area contributed by atoms with Gasteiger partial charge in [-0.2, -0.15) is 0 Å². The zero-order valence-electron chi connectivity index (χ0n) is 9.70. The summed E-state index contributed by atoms with van der Waals surface area (Å²) in [6, 6.07) is 5.89. The van der Waals surface area contributed by atoms with Gasteiger partial charge in [0.25, 0.3) is 0 Å². The lowest BCUT2D eigenvalue weighted by Gasteiger charge is -2.19. The molecule has 1 aromatic carbocycles. The van der Waals surface area contributed by atoms with Crippen molar-refractivity contribution in [1.82, 2.24) is 0 Å². The van der Waals surface area contributed by atoms with Crippen molar-refractivity contribution in [2.45, 2.75) is 20.3 Å². The lowest BCUT2D eigenvalue weighted by molar-refractivity contribution is -0.116. The van der Waals surface area contributed by atoms with Crippen LogP contribution in [0.1, 0.15) is 19.4 Å². The van der Waals surface area contributed by atoms with Crippen molar-refractivity contribution < 1.29 is 9.53 Å². The monoisotopic (exact) mass is 207 g/mol. The molecule has 0 unspecified atom stereocenters. The summed E-state index contributed by atoms with van der Waals surface area (Å²) in [5.74, 6) is 0.728. The molecule has 0 aliphatic heterocycles. The van der Waals surface area contributed by atoms with Crippen molar-refractivity contribution in [2.24, 2.45) is 0 Å². The number of carbonyl (C=O) groups is 1. The quantitative estimate of drug-likeness (QED) is 0.760. The van der Waals surface area contributed by atoms with Gasteiger partial charge in [-0.05, 0) is 24.1 Å². The van der Waals surface area contributed by atoms with Crippen molar-refractivity contribution in [3.05, 3.63) is 23.8 Å². The normalized spacial score (nSPS) is 9.87. The minimum atomic E-state index is 0.00144. The molecule has 0 heterocycles. The molecule has 15 heavy (non-hydrogen) atoms. The molecule has 82 valence electrons. The Kier molecular flexibility index (Phi) is 3.72. The summed E-state index contributed by atoms with van der Waals surface area (Å²) in [4.78, 5) is 12.9. The van der Waals surface area contributed by atoms with E-state index in [-0.39, 0.29) is 5.91 Å². The Morgan fingerprint density at radius 3 is 2.60 bits per heavy atom. The van der Waals surface area contributed by atoms with Gasteiger partial charge in [-0.25, -0.2) is 0 Å². The van der Waals surface area contributed by atoms with Crippen LogP contribution in [-0.4, -0.2) is 20.1 Å². The Bertz CT molecular complexity index is 361.